The number of halogens is 1. The molecule has 0 bridgehead atoms. The molecule has 1 atom stereocenters. The zero-order valence-corrected chi connectivity index (χ0v) is 20.0. The van der Waals surface area contributed by atoms with E-state index >= 15 is 0 Å². The second kappa shape index (κ2) is 12.5. The maximum Gasteiger partial charge on any atom is 0.192 e. The topological polar surface area (TPSA) is 85.6 Å². The Kier molecular flexibility index (Phi) is 10.1. The Labute approximate surface area is 195 Å². The van der Waals surface area contributed by atoms with Crippen LogP contribution in [0.15, 0.2) is 41.9 Å². The molecular weight excluding hydrogens is 495 g/mol. The molecule has 1 saturated heterocycles. The normalized spacial score (nSPS) is 16.1. The van der Waals surface area contributed by atoms with Crippen molar-refractivity contribution in [1.29, 1.82) is 0 Å². The number of benzene rings is 1. The molecule has 1 aromatic carbocycles. The summed E-state index contributed by atoms with van der Waals surface area (Å²) in [6, 6.07) is 7.91. The van der Waals surface area contributed by atoms with Gasteiger partial charge in [-0.15, -0.1) is 34.2 Å². The smallest absolute Gasteiger partial charge is 0.192 e. The van der Waals surface area contributed by atoms with Crippen LogP contribution in [0, 0.1) is 6.92 Å². The summed E-state index contributed by atoms with van der Waals surface area (Å²) < 4.78 is 13.4. The van der Waals surface area contributed by atoms with Gasteiger partial charge >= 0.3 is 0 Å². The Balaban J connectivity index is 0.00000320. The fourth-order valence-corrected chi connectivity index (χ4v) is 3.05. The van der Waals surface area contributed by atoms with Crippen LogP contribution in [0.5, 0.6) is 5.75 Å². The van der Waals surface area contributed by atoms with Gasteiger partial charge in [-0.2, -0.15) is 0 Å². The number of hydrogen-bond donors (Lipinski definition) is 2. The lowest BCUT2D eigenvalue weighted by Crippen LogP contribution is -2.41. The molecule has 1 aromatic heterocycles. The average Bonchev–Trinajstić information content (AvgIpc) is 3.37. The van der Waals surface area contributed by atoms with Crippen molar-refractivity contribution in [3.05, 3.63) is 54.1 Å². The summed E-state index contributed by atoms with van der Waals surface area (Å²) in [6.07, 6.45) is 4.14. The predicted molar refractivity (Wildman–Crippen MR) is 128 cm³/mol. The Bertz CT molecular complexity index is 833. The summed E-state index contributed by atoms with van der Waals surface area (Å²) in [5.74, 6) is 3.25. The number of aryl methyl sites for hydroxylation is 1. The first-order chi connectivity index (χ1) is 14.2. The highest BCUT2D eigenvalue weighted by atomic mass is 127. The van der Waals surface area contributed by atoms with E-state index in [1.165, 1.54) is 0 Å². The molecule has 2 aromatic rings. The van der Waals surface area contributed by atoms with Crippen molar-refractivity contribution in [2.75, 3.05) is 19.8 Å². The third-order valence-corrected chi connectivity index (χ3v) is 4.85. The van der Waals surface area contributed by atoms with Crippen LogP contribution in [0.3, 0.4) is 0 Å². The molecule has 0 saturated carbocycles. The van der Waals surface area contributed by atoms with Crippen molar-refractivity contribution in [1.82, 2.24) is 25.4 Å². The van der Waals surface area contributed by atoms with Gasteiger partial charge < -0.3 is 24.7 Å². The predicted octanol–water partition coefficient (Wildman–Crippen LogP) is 2.72. The molecule has 1 aliphatic rings. The van der Waals surface area contributed by atoms with E-state index in [-0.39, 0.29) is 30.1 Å². The van der Waals surface area contributed by atoms with Gasteiger partial charge in [-0.1, -0.05) is 30.9 Å². The molecule has 30 heavy (non-hydrogen) atoms. The second-order valence-corrected chi connectivity index (χ2v) is 6.96. The van der Waals surface area contributed by atoms with Gasteiger partial charge in [0.15, 0.2) is 11.8 Å². The van der Waals surface area contributed by atoms with Crippen LogP contribution >= 0.6 is 24.0 Å². The van der Waals surface area contributed by atoms with Crippen LogP contribution in [0.1, 0.15) is 30.1 Å². The molecule has 0 spiro atoms. The van der Waals surface area contributed by atoms with Crippen molar-refractivity contribution in [3.63, 3.8) is 0 Å². The summed E-state index contributed by atoms with van der Waals surface area (Å²) in [5.41, 5.74) is 1.02. The van der Waals surface area contributed by atoms with Gasteiger partial charge in [-0.25, -0.2) is 4.99 Å². The van der Waals surface area contributed by atoms with Gasteiger partial charge in [0.25, 0.3) is 0 Å². The van der Waals surface area contributed by atoms with E-state index in [1.807, 2.05) is 42.8 Å². The molecule has 164 valence electrons. The minimum Gasteiger partial charge on any atom is -0.489 e. The summed E-state index contributed by atoms with van der Waals surface area (Å²) in [4.78, 5) is 4.75. The third-order valence-electron chi connectivity index (χ3n) is 4.85. The number of nitrogens with zero attached hydrogens (tertiary/aromatic N) is 4. The highest BCUT2D eigenvalue weighted by Crippen LogP contribution is 2.19. The molecule has 0 aliphatic carbocycles. The molecule has 2 heterocycles. The van der Waals surface area contributed by atoms with Crippen molar-refractivity contribution >= 4 is 29.9 Å². The molecule has 8 nitrogen and oxygen atoms in total. The van der Waals surface area contributed by atoms with Crippen molar-refractivity contribution in [2.24, 2.45) is 12.0 Å². The van der Waals surface area contributed by atoms with Gasteiger partial charge in [0.1, 0.15) is 18.2 Å². The van der Waals surface area contributed by atoms with Crippen LogP contribution in [-0.2, 0) is 24.9 Å². The molecule has 1 fully saturated rings. The van der Waals surface area contributed by atoms with Gasteiger partial charge in [0, 0.05) is 25.8 Å². The number of aromatic nitrogens is 3. The average molecular weight is 526 g/mol. The lowest BCUT2D eigenvalue weighted by molar-refractivity contribution is 0.113. The summed E-state index contributed by atoms with van der Waals surface area (Å²) in [6.45, 7) is 8.68. The maximum atomic E-state index is 5.74. The van der Waals surface area contributed by atoms with Crippen LogP contribution in [0.2, 0.25) is 0 Å². The van der Waals surface area contributed by atoms with Gasteiger partial charge in [0.2, 0.25) is 0 Å². The lowest BCUT2D eigenvalue weighted by Gasteiger charge is -2.16. The summed E-state index contributed by atoms with van der Waals surface area (Å²) in [5, 5.41) is 15.1. The number of rotatable bonds is 9. The van der Waals surface area contributed by atoms with E-state index in [9.17, 15) is 0 Å². The van der Waals surface area contributed by atoms with Gasteiger partial charge in [-0.05, 0) is 25.8 Å². The molecule has 0 amide bonds. The molecule has 9 heteroatoms. The molecule has 1 aliphatic heterocycles. The van der Waals surface area contributed by atoms with Crippen LogP contribution < -0.4 is 15.4 Å². The zero-order valence-electron chi connectivity index (χ0n) is 17.6. The fraction of sp³-hybridized carbons (Fsp3) is 0.476. The molecule has 0 radical (unpaired) electrons. The molecular formula is C21H31IN6O2. The number of aliphatic imine (C=N–C) groups is 1. The van der Waals surface area contributed by atoms with E-state index < -0.39 is 0 Å². The largest absolute Gasteiger partial charge is 0.489 e. The van der Waals surface area contributed by atoms with E-state index in [0.717, 1.165) is 49.0 Å². The monoisotopic (exact) mass is 526 g/mol. The highest BCUT2D eigenvalue weighted by molar-refractivity contribution is 14.0. The van der Waals surface area contributed by atoms with E-state index in [0.29, 0.717) is 25.7 Å². The van der Waals surface area contributed by atoms with E-state index in [2.05, 4.69) is 27.4 Å². The Hall–Kier alpha value is -2.14. The maximum absolute atomic E-state index is 5.74. The zero-order chi connectivity index (χ0) is 20.5. The third kappa shape index (κ3) is 6.98. The van der Waals surface area contributed by atoms with Crippen LogP contribution in [0.25, 0.3) is 0 Å². The number of ether oxygens (including phenoxy) is 2. The number of guanidine groups is 1. The van der Waals surface area contributed by atoms with Gasteiger partial charge in [-0.3, -0.25) is 0 Å². The minimum atomic E-state index is 0. The lowest BCUT2D eigenvalue weighted by atomic mass is 10.2. The van der Waals surface area contributed by atoms with Crippen LogP contribution in [-0.4, -0.2) is 46.6 Å². The minimum absolute atomic E-state index is 0. The summed E-state index contributed by atoms with van der Waals surface area (Å²) >= 11 is 0. The fourth-order valence-electron chi connectivity index (χ4n) is 3.05. The SMILES string of the molecule is C=CCOc1ccccc1CN=C(NCc1nnc(C)n1C)NCC1CCCO1.I. The van der Waals surface area contributed by atoms with E-state index in [4.69, 9.17) is 14.5 Å². The first-order valence-electron chi connectivity index (χ1n) is 9.97. The Morgan fingerprint density at radius 3 is 2.90 bits per heavy atom. The first-order valence-corrected chi connectivity index (χ1v) is 9.97. The highest BCUT2D eigenvalue weighted by Gasteiger charge is 2.16. The summed E-state index contributed by atoms with van der Waals surface area (Å²) in [7, 11) is 1.95. The van der Waals surface area contributed by atoms with Crippen molar-refractivity contribution < 1.29 is 9.47 Å². The number of para-hydroxylation sites is 1. The first kappa shape index (κ1) is 24.1. The second-order valence-electron chi connectivity index (χ2n) is 6.96. The number of nitrogens with one attached hydrogen (secondary N) is 2. The Morgan fingerprint density at radius 2 is 2.20 bits per heavy atom. The number of hydrogen-bond acceptors (Lipinski definition) is 5. The van der Waals surface area contributed by atoms with Crippen LogP contribution in [0.4, 0.5) is 0 Å². The Morgan fingerprint density at radius 1 is 1.37 bits per heavy atom. The van der Waals surface area contributed by atoms with Gasteiger partial charge in [0.05, 0.1) is 19.2 Å². The quantitative estimate of drug-likeness (QED) is 0.226. The molecule has 3 rings (SSSR count). The van der Waals surface area contributed by atoms with E-state index in [1.54, 1.807) is 6.08 Å². The molecule has 2 N–H and O–H groups in total. The van der Waals surface area contributed by atoms with Crippen molar-refractivity contribution in [2.45, 2.75) is 39.0 Å². The molecule has 1 unspecified atom stereocenters. The standard InChI is InChI=1S/C21H30N6O2.HI/c1-4-11-29-19-10-6-5-8-17(19)13-22-21(23-14-18-9-7-12-28-18)24-15-20-26-25-16(2)27(20)3;/h4-6,8,10,18H,1,7,9,11-15H2,2-3H3,(H2,22,23,24);1H. The van der Waals surface area contributed by atoms with Crippen molar-refractivity contribution in [3.8, 4) is 5.75 Å².